The van der Waals surface area contributed by atoms with Crippen LogP contribution in [0.5, 0.6) is 0 Å². The number of aryl methyl sites for hydroxylation is 3. The van der Waals surface area contributed by atoms with Crippen molar-refractivity contribution in [2.45, 2.75) is 25.7 Å². The standard InChI is InChI=1S/C16H16N6O/c1-22-15(20-14(21-22)13-17-7-4-8-18-13)11-9-10-5-2-3-6-12(10)19-16(11)23/h4,7-9H,2-3,5-6H2,1H3,(H,19,23). The SMILES string of the molecule is Cn1nc(-c2ncccn2)nc1-c1cc2c([nH]c1=O)CCCC2. The molecule has 0 unspecified atom stereocenters. The Bertz CT molecular complexity index is 912. The Morgan fingerprint density at radius 3 is 2.74 bits per heavy atom. The van der Waals surface area contributed by atoms with Gasteiger partial charge in [-0.3, -0.25) is 4.79 Å². The molecule has 3 heterocycles. The van der Waals surface area contributed by atoms with E-state index in [4.69, 9.17) is 0 Å². The molecule has 0 bridgehead atoms. The molecule has 116 valence electrons. The Kier molecular flexibility index (Phi) is 3.25. The largest absolute Gasteiger partial charge is 0.325 e. The molecule has 3 aromatic rings. The molecule has 0 saturated carbocycles. The van der Waals surface area contributed by atoms with Crippen LogP contribution in [0, 0.1) is 0 Å². The van der Waals surface area contributed by atoms with Crippen molar-refractivity contribution >= 4 is 0 Å². The summed E-state index contributed by atoms with van der Waals surface area (Å²) in [5.41, 5.74) is 2.68. The molecule has 3 aromatic heterocycles. The Hall–Kier alpha value is -2.83. The monoisotopic (exact) mass is 308 g/mol. The fraction of sp³-hybridized carbons (Fsp3) is 0.312. The van der Waals surface area contributed by atoms with Gasteiger partial charge in [-0.15, -0.1) is 5.10 Å². The van der Waals surface area contributed by atoms with Crippen molar-refractivity contribution in [3.8, 4) is 23.0 Å². The summed E-state index contributed by atoms with van der Waals surface area (Å²) in [4.78, 5) is 28.2. The summed E-state index contributed by atoms with van der Waals surface area (Å²) in [5.74, 6) is 1.39. The van der Waals surface area contributed by atoms with Gasteiger partial charge in [-0.05, 0) is 43.4 Å². The predicted octanol–water partition coefficient (Wildman–Crippen LogP) is 1.51. The third-order valence-corrected chi connectivity index (χ3v) is 4.11. The maximum absolute atomic E-state index is 12.4. The molecular weight excluding hydrogens is 292 g/mol. The van der Waals surface area contributed by atoms with Crippen LogP contribution in [-0.2, 0) is 19.9 Å². The molecule has 1 aliphatic rings. The average molecular weight is 308 g/mol. The molecule has 1 aliphatic carbocycles. The Labute approximate surface area is 132 Å². The first-order valence-electron chi connectivity index (χ1n) is 7.66. The minimum atomic E-state index is -0.123. The highest BCUT2D eigenvalue weighted by atomic mass is 16.1. The van der Waals surface area contributed by atoms with Gasteiger partial charge in [0.25, 0.3) is 5.56 Å². The van der Waals surface area contributed by atoms with Crippen molar-refractivity contribution in [3.05, 3.63) is 46.1 Å². The van der Waals surface area contributed by atoms with Crippen LogP contribution < -0.4 is 5.56 Å². The van der Waals surface area contributed by atoms with E-state index in [1.54, 1.807) is 30.2 Å². The molecule has 0 fully saturated rings. The van der Waals surface area contributed by atoms with Crippen LogP contribution in [0.25, 0.3) is 23.0 Å². The van der Waals surface area contributed by atoms with Gasteiger partial charge in [0, 0.05) is 25.1 Å². The lowest BCUT2D eigenvalue weighted by molar-refractivity contribution is 0.665. The zero-order valence-corrected chi connectivity index (χ0v) is 12.8. The quantitative estimate of drug-likeness (QED) is 0.775. The average Bonchev–Trinajstić information content (AvgIpc) is 2.97. The molecule has 23 heavy (non-hydrogen) atoms. The molecule has 0 radical (unpaired) electrons. The molecular formula is C16H16N6O. The number of aromatic nitrogens is 6. The molecule has 7 heteroatoms. The van der Waals surface area contributed by atoms with E-state index < -0.39 is 0 Å². The van der Waals surface area contributed by atoms with Gasteiger partial charge in [0.1, 0.15) is 0 Å². The topological polar surface area (TPSA) is 89.3 Å². The maximum Gasteiger partial charge on any atom is 0.259 e. The number of hydrogen-bond acceptors (Lipinski definition) is 5. The first kappa shape index (κ1) is 13.8. The van der Waals surface area contributed by atoms with E-state index in [0.717, 1.165) is 31.4 Å². The predicted molar refractivity (Wildman–Crippen MR) is 84.7 cm³/mol. The molecule has 4 rings (SSSR count). The van der Waals surface area contributed by atoms with Crippen LogP contribution in [0.3, 0.4) is 0 Å². The van der Waals surface area contributed by atoms with E-state index in [-0.39, 0.29) is 5.56 Å². The summed E-state index contributed by atoms with van der Waals surface area (Å²) in [5, 5.41) is 4.34. The fourth-order valence-corrected chi connectivity index (χ4v) is 2.97. The van der Waals surface area contributed by atoms with E-state index >= 15 is 0 Å². The van der Waals surface area contributed by atoms with Crippen LogP contribution in [-0.4, -0.2) is 29.7 Å². The Morgan fingerprint density at radius 2 is 1.91 bits per heavy atom. The van der Waals surface area contributed by atoms with Gasteiger partial charge in [0.2, 0.25) is 5.82 Å². The van der Waals surface area contributed by atoms with Crippen molar-refractivity contribution in [1.82, 2.24) is 29.7 Å². The van der Waals surface area contributed by atoms with Gasteiger partial charge in [0.05, 0.1) is 5.56 Å². The van der Waals surface area contributed by atoms with E-state index in [0.29, 0.717) is 23.0 Å². The van der Waals surface area contributed by atoms with Gasteiger partial charge < -0.3 is 4.98 Å². The van der Waals surface area contributed by atoms with E-state index in [9.17, 15) is 4.79 Å². The van der Waals surface area contributed by atoms with Gasteiger partial charge >= 0.3 is 0 Å². The van der Waals surface area contributed by atoms with E-state index in [1.165, 1.54) is 5.56 Å². The molecule has 0 aliphatic heterocycles. The molecule has 0 aromatic carbocycles. The number of rotatable bonds is 2. The van der Waals surface area contributed by atoms with Gasteiger partial charge in [-0.2, -0.15) is 0 Å². The lowest BCUT2D eigenvalue weighted by Crippen LogP contribution is -2.18. The van der Waals surface area contributed by atoms with Gasteiger partial charge in [-0.1, -0.05) is 0 Å². The third-order valence-electron chi connectivity index (χ3n) is 4.11. The number of pyridine rings is 1. The first-order chi connectivity index (χ1) is 11.2. The number of nitrogens with one attached hydrogen (secondary N) is 1. The Balaban J connectivity index is 1.82. The lowest BCUT2D eigenvalue weighted by atomic mass is 9.95. The molecule has 7 nitrogen and oxygen atoms in total. The zero-order chi connectivity index (χ0) is 15.8. The van der Waals surface area contributed by atoms with Crippen molar-refractivity contribution < 1.29 is 0 Å². The second-order valence-electron chi connectivity index (χ2n) is 5.68. The van der Waals surface area contributed by atoms with Crippen molar-refractivity contribution in [2.24, 2.45) is 7.05 Å². The van der Waals surface area contributed by atoms with Crippen LogP contribution >= 0.6 is 0 Å². The normalized spacial score (nSPS) is 13.8. The smallest absolute Gasteiger partial charge is 0.259 e. The lowest BCUT2D eigenvalue weighted by Gasteiger charge is -2.15. The highest BCUT2D eigenvalue weighted by molar-refractivity contribution is 5.58. The summed E-state index contributed by atoms with van der Waals surface area (Å²) >= 11 is 0. The summed E-state index contributed by atoms with van der Waals surface area (Å²) in [7, 11) is 1.77. The second-order valence-corrected chi connectivity index (χ2v) is 5.68. The highest BCUT2D eigenvalue weighted by Gasteiger charge is 2.18. The minimum absolute atomic E-state index is 0.123. The van der Waals surface area contributed by atoms with Crippen LogP contribution in [0.15, 0.2) is 29.3 Å². The second kappa shape index (κ2) is 5.42. The van der Waals surface area contributed by atoms with Crippen molar-refractivity contribution in [1.29, 1.82) is 0 Å². The highest BCUT2D eigenvalue weighted by Crippen LogP contribution is 2.23. The van der Waals surface area contributed by atoms with E-state index in [1.807, 2.05) is 6.07 Å². The van der Waals surface area contributed by atoms with E-state index in [2.05, 4.69) is 25.0 Å². The number of nitrogens with zero attached hydrogens (tertiary/aromatic N) is 5. The molecule has 0 spiro atoms. The number of hydrogen-bond donors (Lipinski definition) is 1. The summed E-state index contributed by atoms with van der Waals surface area (Å²) < 4.78 is 1.60. The number of fused-ring (bicyclic) bond motifs is 1. The number of H-pyrrole nitrogens is 1. The summed E-state index contributed by atoms with van der Waals surface area (Å²) in [6.07, 6.45) is 7.49. The van der Waals surface area contributed by atoms with Crippen LogP contribution in [0.1, 0.15) is 24.1 Å². The molecule has 0 atom stereocenters. The van der Waals surface area contributed by atoms with Crippen molar-refractivity contribution in [3.63, 3.8) is 0 Å². The van der Waals surface area contributed by atoms with Gasteiger partial charge in [0.15, 0.2) is 11.6 Å². The third kappa shape index (κ3) is 2.44. The zero-order valence-electron chi connectivity index (χ0n) is 12.8. The minimum Gasteiger partial charge on any atom is -0.325 e. The molecule has 0 saturated heterocycles. The molecule has 1 N–H and O–H groups in total. The van der Waals surface area contributed by atoms with Gasteiger partial charge in [-0.25, -0.2) is 19.6 Å². The van der Waals surface area contributed by atoms with Crippen LogP contribution in [0.2, 0.25) is 0 Å². The Morgan fingerprint density at radius 1 is 1.13 bits per heavy atom. The fourth-order valence-electron chi connectivity index (χ4n) is 2.97. The van der Waals surface area contributed by atoms with Crippen LogP contribution in [0.4, 0.5) is 0 Å². The first-order valence-corrected chi connectivity index (χ1v) is 7.66. The van der Waals surface area contributed by atoms with Crippen molar-refractivity contribution in [2.75, 3.05) is 0 Å². The summed E-state index contributed by atoms with van der Waals surface area (Å²) in [6.45, 7) is 0. The number of aromatic amines is 1. The summed E-state index contributed by atoms with van der Waals surface area (Å²) in [6, 6.07) is 3.69. The molecule has 0 amide bonds. The maximum atomic E-state index is 12.4.